The molecule has 0 N–H and O–H groups in total. The fourth-order valence-electron chi connectivity index (χ4n) is 0.981. The van der Waals surface area contributed by atoms with Crippen LogP contribution in [0, 0.1) is 0 Å². The molecule has 0 aromatic rings. The molecular weight excluding hydrogens is 208 g/mol. The molecule has 4 nitrogen and oxygen atoms in total. The number of carbonyl (C=O) groups is 2. The van der Waals surface area contributed by atoms with E-state index in [1.807, 2.05) is 0 Å². The van der Waals surface area contributed by atoms with Gasteiger partial charge in [-0.05, 0) is 27.7 Å². The third kappa shape index (κ3) is 9.24. The van der Waals surface area contributed by atoms with E-state index in [1.54, 1.807) is 39.8 Å². The fourth-order valence-corrected chi connectivity index (χ4v) is 0.981. The van der Waals surface area contributed by atoms with Crippen LogP contribution in [0.1, 0.15) is 40.5 Å². The lowest BCUT2D eigenvalue weighted by molar-refractivity contribution is -0.147. The van der Waals surface area contributed by atoms with Crippen LogP contribution < -0.4 is 0 Å². The van der Waals surface area contributed by atoms with E-state index in [-0.39, 0.29) is 37.0 Å². The Morgan fingerprint density at radius 3 is 1.44 bits per heavy atom. The summed E-state index contributed by atoms with van der Waals surface area (Å²) in [7, 11) is 0. The largest absolute Gasteiger partial charge is 0.463 e. The topological polar surface area (TPSA) is 52.6 Å². The molecule has 0 atom stereocenters. The van der Waals surface area contributed by atoms with Gasteiger partial charge in [0, 0.05) is 0 Å². The Hall–Kier alpha value is -1.32. The van der Waals surface area contributed by atoms with E-state index in [4.69, 9.17) is 9.47 Å². The van der Waals surface area contributed by atoms with Gasteiger partial charge in [-0.25, -0.2) is 0 Å². The van der Waals surface area contributed by atoms with E-state index < -0.39 is 0 Å². The molecule has 0 aliphatic heterocycles. The lowest BCUT2D eigenvalue weighted by atomic mass is 10.3. The van der Waals surface area contributed by atoms with Crippen molar-refractivity contribution in [1.29, 1.82) is 0 Å². The molecule has 0 aromatic carbocycles. The average Bonchev–Trinajstić information content (AvgIpc) is 2.10. The van der Waals surface area contributed by atoms with E-state index >= 15 is 0 Å². The second kappa shape index (κ2) is 7.91. The number of carbonyl (C=O) groups excluding carboxylic acids is 2. The maximum absolute atomic E-state index is 11.1. The van der Waals surface area contributed by atoms with Crippen LogP contribution in [-0.2, 0) is 19.1 Å². The average molecular weight is 228 g/mol. The quantitative estimate of drug-likeness (QED) is 0.516. The summed E-state index contributed by atoms with van der Waals surface area (Å²) < 4.78 is 9.83. The van der Waals surface area contributed by atoms with Gasteiger partial charge in [-0.1, -0.05) is 12.2 Å². The summed E-state index contributed by atoms with van der Waals surface area (Å²) in [4.78, 5) is 22.2. The molecular formula is C12H20O4. The predicted octanol–water partition coefficient (Wildman–Crippen LogP) is 2.23. The van der Waals surface area contributed by atoms with Crippen molar-refractivity contribution in [2.45, 2.75) is 52.7 Å². The van der Waals surface area contributed by atoms with Crippen LogP contribution in [0.15, 0.2) is 12.2 Å². The van der Waals surface area contributed by atoms with Crippen LogP contribution in [0.2, 0.25) is 0 Å². The van der Waals surface area contributed by atoms with Crippen LogP contribution >= 0.6 is 0 Å². The lowest BCUT2D eigenvalue weighted by Crippen LogP contribution is -2.11. The van der Waals surface area contributed by atoms with Crippen molar-refractivity contribution in [3.05, 3.63) is 12.2 Å². The Labute approximate surface area is 96.6 Å². The summed E-state index contributed by atoms with van der Waals surface area (Å²) in [5.41, 5.74) is 0. The van der Waals surface area contributed by atoms with Gasteiger partial charge in [0.1, 0.15) is 0 Å². The van der Waals surface area contributed by atoms with E-state index in [0.717, 1.165) is 0 Å². The highest BCUT2D eigenvalue weighted by atomic mass is 16.5. The van der Waals surface area contributed by atoms with Crippen molar-refractivity contribution >= 4 is 11.9 Å². The van der Waals surface area contributed by atoms with E-state index in [1.165, 1.54) is 0 Å². The van der Waals surface area contributed by atoms with Crippen molar-refractivity contribution in [3.63, 3.8) is 0 Å². The van der Waals surface area contributed by atoms with Crippen molar-refractivity contribution in [2.24, 2.45) is 0 Å². The van der Waals surface area contributed by atoms with Gasteiger partial charge in [0.15, 0.2) is 0 Å². The minimum absolute atomic E-state index is 0.105. The standard InChI is InChI=1S/C12H20O4/c1-9(2)15-11(13)7-5-6-8-12(14)16-10(3)4/h5-6,9-10H,7-8H2,1-4H3. The summed E-state index contributed by atoms with van der Waals surface area (Å²) in [6, 6.07) is 0. The molecule has 4 heteroatoms. The van der Waals surface area contributed by atoms with E-state index in [2.05, 4.69) is 0 Å². The minimum atomic E-state index is -0.288. The highest BCUT2D eigenvalue weighted by Crippen LogP contribution is 1.98. The van der Waals surface area contributed by atoms with Gasteiger partial charge in [0.2, 0.25) is 0 Å². The van der Waals surface area contributed by atoms with Gasteiger partial charge in [-0.2, -0.15) is 0 Å². The molecule has 0 spiro atoms. The first-order valence-electron chi connectivity index (χ1n) is 5.45. The number of hydrogen-bond donors (Lipinski definition) is 0. The van der Waals surface area contributed by atoms with Crippen LogP contribution in [0.25, 0.3) is 0 Å². The lowest BCUT2D eigenvalue weighted by Gasteiger charge is -2.06. The molecule has 0 unspecified atom stereocenters. The SMILES string of the molecule is CC(C)OC(=O)CC=CCC(=O)OC(C)C. The van der Waals surface area contributed by atoms with Crippen LogP contribution in [0.4, 0.5) is 0 Å². The molecule has 0 aliphatic carbocycles. The first-order chi connectivity index (χ1) is 7.41. The van der Waals surface area contributed by atoms with Crippen molar-refractivity contribution < 1.29 is 19.1 Å². The summed E-state index contributed by atoms with van der Waals surface area (Å²) >= 11 is 0. The van der Waals surface area contributed by atoms with Gasteiger partial charge in [-0.15, -0.1) is 0 Å². The Balaban J connectivity index is 3.69. The van der Waals surface area contributed by atoms with Crippen molar-refractivity contribution in [1.82, 2.24) is 0 Å². The zero-order valence-corrected chi connectivity index (χ0v) is 10.4. The molecule has 0 radical (unpaired) electrons. The second-order valence-electron chi connectivity index (χ2n) is 3.96. The molecule has 0 amide bonds. The normalized spacial score (nSPS) is 11.1. The van der Waals surface area contributed by atoms with Gasteiger partial charge in [-0.3, -0.25) is 9.59 Å². The maximum atomic E-state index is 11.1. The van der Waals surface area contributed by atoms with Crippen molar-refractivity contribution in [3.8, 4) is 0 Å². The first kappa shape index (κ1) is 14.7. The molecule has 0 heterocycles. The smallest absolute Gasteiger partial charge is 0.309 e. The monoisotopic (exact) mass is 228 g/mol. The number of ether oxygens (including phenoxy) is 2. The Bertz CT molecular complexity index is 228. The molecule has 0 bridgehead atoms. The molecule has 0 aliphatic rings. The van der Waals surface area contributed by atoms with E-state index in [9.17, 15) is 9.59 Å². The summed E-state index contributed by atoms with van der Waals surface area (Å²) in [5, 5.41) is 0. The molecule has 16 heavy (non-hydrogen) atoms. The molecule has 92 valence electrons. The van der Waals surface area contributed by atoms with Crippen molar-refractivity contribution in [2.75, 3.05) is 0 Å². The molecule has 0 saturated carbocycles. The number of rotatable bonds is 6. The van der Waals surface area contributed by atoms with Gasteiger partial charge < -0.3 is 9.47 Å². The van der Waals surface area contributed by atoms with Crippen LogP contribution in [0.3, 0.4) is 0 Å². The Morgan fingerprint density at radius 1 is 0.875 bits per heavy atom. The zero-order chi connectivity index (χ0) is 12.6. The zero-order valence-electron chi connectivity index (χ0n) is 10.4. The third-order valence-corrected chi connectivity index (χ3v) is 1.47. The van der Waals surface area contributed by atoms with E-state index in [0.29, 0.717) is 0 Å². The van der Waals surface area contributed by atoms with Gasteiger partial charge in [0.05, 0.1) is 25.0 Å². The van der Waals surface area contributed by atoms with Gasteiger partial charge in [0.25, 0.3) is 0 Å². The van der Waals surface area contributed by atoms with Gasteiger partial charge >= 0.3 is 11.9 Å². The van der Waals surface area contributed by atoms with Crippen LogP contribution in [0.5, 0.6) is 0 Å². The number of hydrogen-bond acceptors (Lipinski definition) is 4. The molecule has 0 fully saturated rings. The number of esters is 2. The molecule has 0 saturated heterocycles. The Kier molecular flexibility index (Phi) is 7.25. The van der Waals surface area contributed by atoms with Crippen LogP contribution in [-0.4, -0.2) is 24.1 Å². The highest BCUT2D eigenvalue weighted by Gasteiger charge is 2.04. The molecule has 0 rings (SSSR count). The fraction of sp³-hybridized carbons (Fsp3) is 0.667. The summed E-state index contributed by atoms with van der Waals surface area (Å²) in [5.74, 6) is -0.577. The maximum Gasteiger partial charge on any atom is 0.309 e. The minimum Gasteiger partial charge on any atom is -0.463 e. The predicted molar refractivity (Wildman–Crippen MR) is 60.8 cm³/mol. The Morgan fingerprint density at radius 2 is 1.19 bits per heavy atom. The summed E-state index contributed by atoms with van der Waals surface area (Å²) in [6.45, 7) is 7.17. The summed E-state index contributed by atoms with van der Waals surface area (Å²) in [6.07, 6.45) is 3.40. The first-order valence-corrected chi connectivity index (χ1v) is 5.45. The third-order valence-electron chi connectivity index (χ3n) is 1.47. The highest BCUT2D eigenvalue weighted by molar-refractivity contribution is 5.73. The molecule has 0 aromatic heterocycles. The second-order valence-corrected chi connectivity index (χ2v) is 3.96.